The molecule has 0 saturated carbocycles. The summed E-state index contributed by atoms with van der Waals surface area (Å²) in [4.78, 5) is 11.9. The van der Waals surface area contributed by atoms with Crippen LogP contribution in [0, 0.1) is 0 Å². The summed E-state index contributed by atoms with van der Waals surface area (Å²) in [6.45, 7) is 3.45. The number of carbonyl (C=O) groups is 1. The van der Waals surface area contributed by atoms with E-state index in [9.17, 15) is 4.79 Å². The summed E-state index contributed by atoms with van der Waals surface area (Å²) in [5, 5.41) is 2.93. The number of hydrogen-bond acceptors (Lipinski definition) is 2. The molecule has 2 rings (SSSR count). The minimum atomic E-state index is -0.0417. The molecule has 0 aliphatic carbocycles. The highest BCUT2D eigenvalue weighted by molar-refractivity contribution is 5.83. The molecule has 1 aliphatic rings. The lowest BCUT2D eigenvalue weighted by Crippen LogP contribution is -2.32. The van der Waals surface area contributed by atoms with Gasteiger partial charge in [0.2, 0.25) is 5.91 Å². The number of carbonyl (C=O) groups excluding carboxylic acids is 1. The van der Waals surface area contributed by atoms with Gasteiger partial charge in [0.15, 0.2) is 0 Å². The Morgan fingerprint density at radius 2 is 2.19 bits per heavy atom. The normalized spacial score (nSPS) is 20.2. The van der Waals surface area contributed by atoms with Crippen LogP contribution in [0.4, 0.5) is 0 Å². The van der Waals surface area contributed by atoms with Crippen LogP contribution in [0.1, 0.15) is 24.8 Å². The number of nitrogens with one attached hydrogen (secondary N) is 1. The Hall–Kier alpha value is -1.35. The highest BCUT2D eigenvalue weighted by Crippen LogP contribution is 2.19. The van der Waals surface area contributed by atoms with Gasteiger partial charge < -0.3 is 10.1 Å². The second-order valence-electron chi connectivity index (χ2n) is 4.07. The number of epoxide rings is 1. The lowest BCUT2D eigenvalue weighted by Gasteiger charge is -2.14. The summed E-state index contributed by atoms with van der Waals surface area (Å²) in [5.41, 5.74) is 1.08. The highest BCUT2D eigenvalue weighted by Gasteiger charge is 2.25. The molecule has 0 radical (unpaired) electrons. The molecule has 1 N–H and O–H groups in total. The van der Waals surface area contributed by atoms with Crippen molar-refractivity contribution < 1.29 is 9.53 Å². The number of hydrogen-bond donors (Lipinski definition) is 1. The van der Waals surface area contributed by atoms with Crippen molar-refractivity contribution in [2.45, 2.75) is 25.4 Å². The van der Waals surface area contributed by atoms with E-state index in [4.69, 9.17) is 4.74 Å². The minimum Gasteiger partial charge on any atom is -0.371 e. The Morgan fingerprint density at radius 1 is 1.50 bits per heavy atom. The van der Waals surface area contributed by atoms with E-state index in [1.807, 2.05) is 37.3 Å². The molecular weight excluding hydrogens is 202 g/mol. The zero-order chi connectivity index (χ0) is 11.4. The first-order chi connectivity index (χ1) is 7.81. The van der Waals surface area contributed by atoms with E-state index in [1.54, 1.807) is 0 Å². The van der Waals surface area contributed by atoms with Crippen LogP contribution in [0.2, 0.25) is 0 Å². The molecule has 0 aromatic heterocycles. The quantitative estimate of drug-likeness (QED) is 0.766. The fraction of sp³-hybridized carbons (Fsp3) is 0.462. The van der Waals surface area contributed by atoms with Crippen LogP contribution >= 0.6 is 0 Å². The Balaban J connectivity index is 1.95. The largest absolute Gasteiger partial charge is 0.371 e. The average Bonchev–Trinajstić information content (AvgIpc) is 3.13. The van der Waals surface area contributed by atoms with E-state index in [2.05, 4.69) is 5.32 Å². The zero-order valence-electron chi connectivity index (χ0n) is 9.48. The fourth-order valence-corrected chi connectivity index (χ4v) is 1.78. The van der Waals surface area contributed by atoms with Crippen molar-refractivity contribution in [2.24, 2.45) is 0 Å². The molecule has 1 aromatic carbocycles. The molecule has 1 fully saturated rings. The van der Waals surface area contributed by atoms with Gasteiger partial charge in [-0.3, -0.25) is 4.79 Å². The van der Waals surface area contributed by atoms with Crippen molar-refractivity contribution in [1.29, 1.82) is 0 Å². The fourth-order valence-electron chi connectivity index (χ4n) is 1.78. The summed E-state index contributed by atoms with van der Waals surface area (Å²) < 4.78 is 5.06. The van der Waals surface area contributed by atoms with E-state index in [1.165, 1.54) is 0 Å². The molecule has 86 valence electrons. The summed E-state index contributed by atoms with van der Waals surface area (Å²) in [7, 11) is 0. The van der Waals surface area contributed by atoms with Gasteiger partial charge in [0.05, 0.1) is 18.6 Å². The van der Waals surface area contributed by atoms with Gasteiger partial charge in [-0.15, -0.1) is 0 Å². The van der Waals surface area contributed by atoms with Gasteiger partial charge in [0.25, 0.3) is 0 Å². The van der Waals surface area contributed by atoms with Crippen molar-refractivity contribution in [3.8, 4) is 0 Å². The van der Waals surface area contributed by atoms with Crippen LogP contribution in [0.3, 0.4) is 0 Å². The SMILES string of the molecule is CC[C@@H](C(=O)NC[C@H]1CO1)c1ccccc1. The number of benzene rings is 1. The number of ether oxygens (including phenoxy) is 1. The van der Waals surface area contributed by atoms with Crippen molar-refractivity contribution in [2.75, 3.05) is 13.2 Å². The van der Waals surface area contributed by atoms with Gasteiger partial charge >= 0.3 is 0 Å². The molecule has 3 nitrogen and oxygen atoms in total. The smallest absolute Gasteiger partial charge is 0.227 e. The first kappa shape index (κ1) is 11.1. The molecule has 1 heterocycles. The standard InChI is InChI=1S/C13H17NO2/c1-2-12(10-6-4-3-5-7-10)13(15)14-8-11-9-16-11/h3-7,11-12H,2,8-9H2,1H3,(H,14,15)/t11-,12+/m0/s1. The summed E-state index contributed by atoms with van der Waals surface area (Å²) in [5.74, 6) is 0.0594. The third-order valence-electron chi connectivity index (χ3n) is 2.83. The maximum Gasteiger partial charge on any atom is 0.227 e. The second-order valence-corrected chi connectivity index (χ2v) is 4.07. The Kier molecular flexibility index (Phi) is 3.57. The summed E-state index contributed by atoms with van der Waals surface area (Å²) in [6, 6.07) is 9.90. The Labute approximate surface area is 95.8 Å². The van der Waals surface area contributed by atoms with Crippen LogP contribution in [-0.4, -0.2) is 25.2 Å². The molecular formula is C13H17NO2. The minimum absolute atomic E-state index is 0.0417. The number of amides is 1. The monoisotopic (exact) mass is 219 g/mol. The lowest BCUT2D eigenvalue weighted by atomic mass is 9.96. The van der Waals surface area contributed by atoms with Gasteiger partial charge in [0, 0.05) is 6.54 Å². The van der Waals surface area contributed by atoms with Gasteiger partial charge in [-0.25, -0.2) is 0 Å². The molecule has 0 unspecified atom stereocenters. The van der Waals surface area contributed by atoms with Gasteiger partial charge in [-0.05, 0) is 12.0 Å². The molecule has 2 atom stereocenters. The van der Waals surface area contributed by atoms with E-state index >= 15 is 0 Å². The van der Waals surface area contributed by atoms with Gasteiger partial charge in [-0.2, -0.15) is 0 Å². The van der Waals surface area contributed by atoms with Crippen molar-refractivity contribution >= 4 is 5.91 Å². The van der Waals surface area contributed by atoms with Crippen molar-refractivity contribution in [3.63, 3.8) is 0 Å². The zero-order valence-corrected chi connectivity index (χ0v) is 9.48. The van der Waals surface area contributed by atoms with E-state index in [0.29, 0.717) is 6.54 Å². The molecule has 1 saturated heterocycles. The van der Waals surface area contributed by atoms with Crippen LogP contribution in [0.5, 0.6) is 0 Å². The van der Waals surface area contributed by atoms with Crippen LogP contribution < -0.4 is 5.32 Å². The lowest BCUT2D eigenvalue weighted by molar-refractivity contribution is -0.122. The summed E-state index contributed by atoms with van der Waals surface area (Å²) >= 11 is 0. The predicted molar refractivity (Wildman–Crippen MR) is 62.2 cm³/mol. The third kappa shape index (κ3) is 2.83. The molecule has 0 bridgehead atoms. The maximum atomic E-state index is 11.9. The molecule has 3 heteroatoms. The molecule has 1 aliphatic heterocycles. The Bertz CT molecular complexity index is 346. The second kappa shape index (κ2) is 5.12. The van der Waals surface area contributed by atoms with Gasteiger partial charge in [-0.1, -0.05) is 37.3 Å². The van der Waals surface area contributed by atoms with Crippen molar-refractivity contribution in [3.05, 3.63) is 35.9 Å². The maximum absolute atomic E-state index is 11.9. The first-order valence-corrected chi connectivity index (χ1v) is 5.75. The topological polar surface area (TPSA) is 41.6 Å². The third-order valence-corrected chi connectivity index (χ3v) is 2.83. The van der Waals surface area contributed by atoms with Crippen LogP contribution in [0.15, 0.2) is 30.3 Å². The molecule has 1 aromatic rings. The highest BCUT2D eigenvalue weighted by atomic mass is 16.6. The molecule has 0 spiro atoms. The van der Waals surface area contributed by atoms with E-state index in [-0.39, 0.29) is 17.9 Å². The van der Waals surface area contributed by atoms with E-state index < -0.39 is 0 Å². The average molecular weight is 219 g/mol. The Morgan fingerprint density at radius 3 is 2.75 bits per heavy atom. The molecule has 16 heavy (non-hydrogen) atoms. The van der Waals surface area contributed by atoms with Crippen LogP contribution in [0.25, 0.3) is 0 Å². The van der Waals surface area contributed by atoms with Crippen molar-refractivity contribution in [1.82, 2.24) is 5.32 Å². The number of rotatable bonds is 5. The molecule has 1 amide bonds. The van der Waals surface area contributed by atoms with E-state index in [0.717, 1.165) is 18.6 Å². The van der Waals surface area contributed by atoms with Crippen LogP contribution in [-0.2, 0) is 9.53 Å². The predicted octanol–water partition coefficient (Wildman–Crippen LogP) is 1.70. The van der Waals surface area contributed by atoms with Gasteiger partial charge in [0.1, 0.15) is 0 Å². The first-order valence-electron chi connectivity index (χ1n) is 5.75. The summed E-state index contributed by atoms with van der Waals surface area (Å²) in [6.07, 6.45) is 1.07.